The number of nitrogens with one attached hydrogen (secondary N) is 1. The molecule has 98 valence electrons. The number of anilines is 1. The fraction of sp³-hybridized carbons (Fsp3) is 0.462. The highest BCUT2D eigenvalue weighted by molar-refractivity contribution is 5.94. The Balaban J connectivity index is 1.97. The van der Waals surface area contributed by atoms with Gasteiger partial charge in [0.25, 0.3) is 0 Å². The molecule has 1 saturated heterocycles. The second kappa shape index (κ2) is 5.95. The number of hydrogen-bond acceptors (Lipinski definition) is 4. The average Bonchev–Trinajstić information content (AvgIpc) is 2.92. The monoisotopic (exact) mass is 250 g/mol. The van der Waals surface area contributed by atoms with Gasteiger partial charge >= 0.3 is 0 Å². The molecule has 1 unspecified atom stereocenters. The Morgan fingerprint density at radius 1 is 1.39 bits per heavy atom. The van der Waals surface area contributed by atoms with Crippen molar-refractivity contribution in [1.29, 1.82) is 0 Å². The zero-order valence-corrected chi connectivity index (χ0v) is 10.4. The highest BCUT2D eigenvalue weighted by Crippen LogP contribution is 2.24. The lowest BCUT2D eigenvalue weighted by Gasteiger charge is -2.12. The van der Waals surface area contributed by atoms with E-state index in [1.807, 2.05) is 31.2 Å². The Labute approximate surface area is 106 Å². The van der Waals surface area contributed by atoms with E-state index in [-0.39, 0.29) is 12.2 Å². The van der Waals surface area contributed by atoms with E-state index < -0.39 is 6.04 Å². The molecule has 0 bridgehead atoms. The molecule has 5 nitrogen and oxygen atoms in total. The van der Waals surface area contributed by atoms with E-state index in [9.17, 15) is 4.79 Å². The second-order valence-electron chi connectivity index (χ2n) is 4.20. The van der Waals surface area contributed by atoms with Crippen molar-refractivity contribution in [2.75, 3.05) is 18.5 Å². The molecule has 0 radical (unpaired) electrons. The minimum Gasteiger partial charge on any atom is -0.346 e. The quantitative estimate of drug-likeness (QED) is 0.847. The number of nitrogens with two attached hydrogens (primary N) is 1. The predicted octanol–water partition coefficient (Wildman–Crippen LogP) is 1.41. The van der Waals surface area contributed by atoms with Crippen LogP contribution in [-0.2, 0) is 14.3 Å². The summed E-state index contributed by atoms with van der Waals surface area (Å²) < 4.78 is 10.8. The maximum absolute atomic E-state index is 11.6. The predicted molar refractivity (Wildman–Crippen MR) is 68.0 cm³/mol. The van der Waals surface area contributed by atoms with Gasteiger partial charge in [-0.25, -0.2) is 0 Å². The first-order valence-electron chi connectivity index (χ1n) is 6.10. The number of rotatable bonds is 4. The highest BCUT2D eigenvalue weighted by Gasteiger charge is 2.18. The number of ether oxygens (including phenoxy) is 2. The van der Waals surface area contributed by atoms with Crippen LogP contribution in [-0.4, -0.2) is 25.2 Å². The van der Waals surface area contributed by atoms with Crippen LogP contribution in [0.1, 0.15) is 25.2 Å². The lowest BCUT2D eigenvalue weighted by atomic mass is 10.2. The summed E-state index contributed by atoms with van der Waals surface area (Å²) in [4.78, 5) is 11.6. The summed E-state index contributed by atoms with van der Waals surface area (Å²) in [6, 6.07) is 6.93. The van der Waals surface area contributed by atoms with Gasteiger partial charge in [-0.05, 0) is 18.6 Å². The van der Waals surface area contributed by atoms with Crippen LogP contribution in [0.2, 0.25) is 0 Å². The van der Waals surface area contributed by atoms with Gasteiger partial charge in [-0.3, -0.25) is 4.79 Å². The van der Waals surface area contributed by atoms with Crippen molar-refractivity contribution in [3.05, 3.63) is 29.8 Å². The van der Waals surface area contributed by atoms with Crippen LogP contribution in [0.15, 0.2) is 24.3 Å². The SMILES string of the molecule is CCC(N)C(=O)Nc1ccc(C2OCCO2)cc1. The number of carbonyl (C=O) groups excluding carboxylic acids is 1. The van der Waals surface area contributed by atoms with Crippen LogP contribution in [0.4, 0.5) is 5.69 Å². The van der Waals surface area contributed by atoms with Crippen LogP contribution in [0, 0.1) is 0 Å². The molecule has 1 aromatic carbocycles. The minimum atomic E-state index is -0.467. The molecule has 1 aliphatic heterocycles. The summed E-state index contributed by atoms with van der Waals surface area (Å²) in [5.74, 6) is -0.168. The molecule has 5 heteroatoms. The van der Waals surface area contributed by atoms with Gasteiger partial charge in [0, 0.05) is 11.3 Å². The van der Waals surface area contributed by atoms with Gasteiger partial charge in [-0.1, -0.05) is 19.1 Å². The zero-order valence-electron chi connectivity index (χ0n) is 10.4. The molecule has 0 aromatic heterocycles. The van der Waals surface area contributed by atoms with Gasteiger partial charge in [-0.2, -0.15) is 0 Å². The molecular formula is C13H18N2O3. The standard InChI is InChI=1S/C13H18N2O3/c1-2-11(14)12(16)15-10-5-3-9(4-6-10)13-17-7-8-18-13/h3-6,11,13H,2,7-8,14H2,1H3,(H,15,16). The highest BCUT2D eigenvalue weighted by atomic mass is 16.7. The number of hydrogen-bond donors (Lipinski definition) is 2. The Morgan fingerprint density at radius 3 is 2.56 bits per heavy atom. The van der Waals surface area contributed by atoms with E-state index >= 15 is 0 Å². The largest absolute Gasteiger partial charge is 0.346 e. The molecule has 3 N–H and O–H groups in total. The summed E-state index contributed by atoms with van der Waals surface area (Å²) >= 11 is 0. The Hall–Kier alpha value is -1.43. The third-order valence-corrected chi connectivity index (χ3v) is 2.85. The lowest BCUT2D eigenvalue weighted by molar-refractivity contribution is -0.117. The number of carbonyl (C=O) groups is 1. The molecule has 0 aliphatic carbocycles. The van der Waals surface area contributed by atoms with Gasteiger partial charge in [0.1, 0.15) is 0 Å². The van der Waals surface area contributed by atoms with Crippen LogP contribution in [0.5, 0.6) is 0 Å². The molecular weight excluding hydrogens is 232 g/mol. The van der Waals surface area contributed by atoms with E-state index in [0.29, 0.717) is 19.6 Å². The van der Waals surface area contributed by atoms with Crippen LogP contribution in [0.3, 0.4) is 0 Å². The molecule has 1 amide bonds. The first-order chi connectivity index (χ1) is 8.70. The minimum absolute atomic E-state index is 0.168. The molecule has 0 spiro atoms. The van der Waals surface area contributed by atoms with Crippen molar-refractivity contribution in [2.24, 2.45) is 5.73 Å². The zero-order chi connectivity index (χ0) is 13.0. The molecule has 1 atom stereocenters. The fourth-order valence-electron chi connectivity index (χ4n) is 1.69. The number of amides is 1. The summed E-state index contributed by atoms with van der Waals surface area (Å²) in [6.07, 6.45) is 0.334. The molecule has 18 heavy (non-hydrogen) atoms. The van der Waals surface area contributed by atoms with Crippen LogP contribution >= 0.6 is 0 Å². The van der Waals surface area contributed by atoms with Crippen molar-refractivity contribution in [1.82, 2.24) is 0 Å². The first-order valence-corrected chi connectivity index (χ1v) is 6.10. The molecule has 1 aliphatic rings. The van der Waals surface area contributed by atoms with Gasteiger partial charge in [0.05, 0.1) is 19.3 Å². The Morgan fingerprint density at radius 2 is 2.00 bits per heavy atom. The van der Waals surface area contributed by atoms with E-state index in [1.54, 1.807) is 0 Å². The van der Waals surface area contributed by atoms with E-state index in [4.69, 9.17) is 15.2 Å². The van der Waals surface area contributed by atoms with E-state index in [0.717, 1.165) is 11.3 Å². The first kappa shape index (κ1) is 13.0. The second-order valence-corrected chi connectivity index (χ2v) is 4.20. The third kappa shape index (κ3) is 3.07. The van der Waals surface area contributed by atoms with Crippen molar-refractivity contribution >= 4 is 11.6 Å². The van der Waals surface area contributed by atoms with Gasteiger partial charge in [-0.15, -0.1) is 0 Å². The lowest BCUT2D eigenvalue weighted by Crippen LogP contribution is -2.34. The average molecular weight is 250 g/mol. The maximum atomic E-state index is 11.6. The smallest absolute Gasteiger partial charge is 0.241 e. The number of benzene rings is 1. The third-order valence-electron chi connectivity index (χ3n) is 2.85. The van der Waals surface area contributed by atoms with Crippen LogP contribution in [0.25, 0.3) is 0 Å². The molecule has 1 heterocycles. The summed E-state index contributed by atoms with van der Waals surface area (Å²) in [5.41, 5.74) is 7.32. The summed E-state index contributed by atoms with van der Waals surface area (Å²) in [5, 5.41) is 2.76. The summed E-state index contributed by atoms with van der Waals surface area (Å²) in [6.45, 7) is 3.12. The van der Waals surface area contributed by atoms with Crippen molar-refractivity contribution in [3.8, 4) is 0 Å². The maximum Gasteiger partial charge on any atom is 0.241 e. The topological polar surface area (TPSA) is 73.6 Å². The normalized spacial score (nSPS) is 17.7. The molecule has 1 aromatic rings. The molecule has 2 rings (SSSR count). The van der Waals surface area contributed by atoms with Crippen molar-refractivity contribution in [3.63, 3.8) is 0 Å². The summed E-state index contributed by atoms with van der Waals surface area (Å²) in [7, 11) is 0. The van der Waals surface area contributed by atoms with Gasteiger partial charge in [0.2, 0.25) is 5.91 Å². The van der Waals surface area contributed by atoms with Crippen LogP contribution < -0.4 is 11.1 Å². The van der Waals surface area contributed by atoms with E-state index in [2.05, 4.69) is 5.32 Å². The van der Waals surface area contributed by atoms with Crippen molar-refractivity contribution in [2.45, 2.75) is 25.7 Å². The molecule has 0 saturated carbocycles. The Kier molecular flexibility index (Phi) is 4.30. The van der Waals surface area contributed by atoms with Gasteiger partial charge < -0.3 is 20.5 Å². The van der Waals surface area contributed by atoms with Crippen molar-refractivity contribution < 1.29 is 14.3 Å². The van der Waals surface area contributed by atoms with E-state index in [1.165, 1.54) is 0 Å². The van der Waals surface area contributed by atoms with Gasteiger partial charge in [0.15, 0.2) is 6.29 Å². The molecule has 1 fully saturated rings. The fourth-order valence-corrected chi connectivity index (χ4v) is 1.69. The Bertz CT molecular complexity index is 399.